The van der Waals surface area contributed by atoms with E-state index in [1.54, 1.807) is 13.8 Å². The fourth-order valence-electron chi connectivity index (χ4n) is 3.86. The molecule has 0 bridgehead atoms. The van der Waals surface area contributed by atoms with Crippen molar-refractivity contribution >= 4 is 17.5 Å². The number of aromatic nitrogens is 2. The summed E-state index contributed by atoms with van der Waals surface area (Å²) >= 11 is 0. The number of nitrogens with one attached hydrogen (secondary N) is 1. The molecule has 1 saturated heterocycles. The van der Waals surface area contributed by atoms with Crippen LogP contribution >= 0.6 is 0 Å². The molecule has 1 atom stereocenters. The number of amides is 2. The first kappa shape index (κ1) is 22.5. The van der Waals surface area contributed by atoms with Gasteiger partial charge in [-0.05, 0) is 44.0 Å². The van der Waals surface area contributed by atoms with E-state index in [1.807, 2.05) is 59.5 Å². The maximum Gasteiger partial charge on any atom is 0.263 e. The third-order valence-electron chi connectivity index (χ3n) is 5.73. The van der Waals surface area contributed by atoms with Crippen LogP contribution in [-0.4, -0.2) is 46.0 Å². The maximum absolute atomic E-state index is 12.8. The number of para-hydroxylation sites is 1. The second-order valence-corrected chi connectivity index (χ2v) is 8.11. The van der Waals surface area contributed by atoms with Gasteiger partial charge in [-0.15, -0.1) is 0 Å². The molecule has 0 unspecified atom stereocenters. The summed E-state index contributed by atoms with van der Waals surface area (Å²) in [5.41, 5.74) is 1.47. The smallest absolute Gasteiger partial charge is 0.263 e. The third kappa shape index (κ3) is 5.58. The third-order valence-corrected chi connectivity index (χ3v) is 5.73. The van der Waals surface area contributed by atoms with Gasteiger partial charge in [0.15, 0.2) is 6.10 Å². The van der Waals surface area contributed by atoms with Crippen LogP contribution in [0.4, 0.5) is 5.69 Å². The molecule has 172 valence electrons. The van der Waals surface area contributed by atoms with Crippen LogP contribution in [0.1, 0.15) is 44.9 Å². The molecule has 8 nitrogen and oxygen atoms in total. The number of anilines is 1. The number of piperidine rings is 1. The summed E-state index contributed by atoms with van der Waals surface area (Å²) in [6, 6.07) is 16.7. The molecule has 1 N–H and O–H groups in total. The van der Waals surface area contributed by atoms with E-state index in [2.05, 4.69) is 15.5 Å². The van der Waals surface area contributed by atoms with E-state index >= 15 is 0 Å². The van der Waals surface area contributed by atoms with Gasteiger partial charge < -0.3 is 19.5 Å². The Bertz CT molecular complexity index is 1090. The van der Waals surface area contributed by atoms with Gasteiger partial charge in [0.05, 0.1) is 0 Å². The zero-order valence-corrected chi connectivity index (χ0v) is 18.9. The van der Waals surface area contributed by atoms with Gasteiger partial charge in [0.1, 0.15) is 5.75 Å². The minimum absolute atomic E-state index is 0.0190. The number of benzene rings is 2. The molecule has 33 heavy (non-hydrogen) atoms. The quantitative estimate of drug-likeness (QED) is 0.580. The van der Waals surface area contributed by atoms with Crippen molar-refractivity contribution in [3.8, 4) is 17.1 Å². The van der Waals surface area contributed by atoms with Crippen LogP contribution in [0.2, 0.25) is 0 Å². The highest BCUT2D eigenvalue weighted by Crippen LogP contribution is 2.29. The molecule has 1 aromatic heterocycles. The van der Waals surface area contributed by atoms with Crippen molar-refractivity contribution in [3.63, 3.8) is 0 Å². The maximum atomic E-state index is 12.8. The average Bonchev–Trinajstić information content (AvgIpc) is 3.35. The van der Waals surface area contributed by atoms with Gasteiger partial charge in [-0.1, -0.05) is 42.4 Å². The van der Waals surface area contributed by atoms with Crippen molar-refractivity contribution in [1.29, 1.82) is 0 Å². The van der Waals surface area contributed by atoms with Crippen molar-refractivity contribution in [2.45, 2.75) is 45.1 Å². The minimum Gasteiger partial charge on any atom is -0.481 e. The van der Waals surface area contributed by atoms with Crippen molar-refractivity contribution in [3.05, 3.63) is 60.5 Å². The van der Waals surface area contributed by atoms with Gasteiger partial charge in [0.25, 0.3) is 5.91 Å². The number of carbonyl (C=O) groups excluding carboxylic acids is 2. The van der Waals surface area contributed by atoms with Crippen molar-refractivity contribution in [2.24, 2.45) is 0 Å². The fraction of sp³-hybridized carbons (Fsp3) is 0.360. The summed E-state index contributed by atoms with van der Waals surface area (Å²) in [4.78, 5) is 30.9. The van der Waals surface area contributed by atoms with Crippen LogP contribution < -0.4 is 10.1 Å². The molecular formula is C25H28N4O4. The molecule has 2 heterocycles. The van der Waals surface area contributed by atoms with Crippen molar-refractivity contribution < 1.29 is 18.8 Å². The largest absolute Gasteiger partial charge is 0.481 e. The zero-order valence-electron chi connectivity index (χ0n) is 18.9. The number of likely N-dealkylation sites (tertiary alicyclic amines) is 1. The molecular weight excluding hydrogens is 420 g/mol. The Labute approximate surface area is 192 Å². The van der Waals surface area contributed by atoms with Crippen molar-refractivity contribution in [1.82, 2.24) is 15.0 Å². The van der Waals surface area contributed by atoms with Gasteiger partial charge in [-0.25, -0.2) is 0 Å². The molecule has 1 aliphatic rings. The van der Waals surface area contributed by atoms with Gasteiger partial charge >= 0.3 is 0 Å². The van der Waals surface area contributed by atoms with E-state index in [1.165, 1.54) is 0 Å². The van der Waals surface area contributed by atoms with Crippen LogP contribution in [0.5, 0.6) is 5.75 Å². The molecule has 2 amide bonds. The van der Waals surface area contributed by atoms with E-state index in [-0.39, 0.29) is 17.7 Å². The van der Waals surface area contributed by atoms with E-state index in [0.717, 1.165) is 18.4 Å². The molecule has 0 radical (unpaired) electrons. The molecule has 8 heteroatoms. The Kier molecular flexibility index (Phi) is 7.02. The number of carbonyl (C=O) groups is 2. The molecule has 0 spiro atoms. The lowest BCUT2D eigenvalue weighted by molar-refractivity contribution is -0.139. The lowest BCUT2D eigenvalue weighted by Gasteiger charge is -2.32. The predicted molar refractivity (Wildman–Crippen MR) is 124 cm³/mol. The molecule has 4 rings (SSSR count). The first-order chi connectivity index (χ1) is 16.0. The minimum atomic E-state index is -0.542. The Morgan fingerprint density at radius 2 is 1.91 bits per heavy atom. The Hall–Kier alpha value is -3.68. The lowest BCUT2D eigenvalue weighted by atomic mass is 9.96. The Morgan fingerprint density at radius 1 is 1.15 bits per heavy atom. The van der Waals surface area contributed by atoms with Crippen LogP contribution in [-0.2, 0) is 9.59 Å². The average molecular weight is 449 g/mol. The summed E-state index contributed by atoms with van der Waals surface area (Å²) in [5, 5.41) is 6.97. The van der Waals surface area contributed by atoms with Crippen molar-refractivity contribution in [2.75, 3.05) is 18.4 Å². The lowest BCUT2D eigenvalue weighted by Crippen LogP contribution is -2.44. The molecule has 2 aromatic carbocycles. The predicted octanol–water partition coefficient (Wildman–Crippen LogP) is 4.26. The SMILES string of the molecule is CCC(=O)Nc1cccc(-c2noc(C3CCN(C(=O)[C@@H](C)Oc4ccccc4)CC3)n2)c1. The van der Waals surface area contributed by atoms with Crippen LogP contribution in [0.3, 0.4) is 0 Å². The number of ether oxygens (including phenoxy) is 1. The van der Waals surface area contributed by atoms with E-state index < -0.39 is 6.10 Å². The van der Waals surface area contributed by atoms with Crippen LogP contribution in [0, 0.1) is 0 Å². The molecule has 1 aliphatic heterocycles. The fourth-order valence-corrected chi connectivity index (χ4v) is 3.86. The number of hydrogen-bond donors (Lipinski definition) is 1. The summed E-state index contributed by atoms with van der Waals surface area (Å²) in [7, 11) is 0. The van der Waals surface area contributed by atoms with Gasteiger partial charge in [0, 0.05) is 36.7 Å². The molecule has 1 fully saturated rings. The summed E-state index contributed by atoms with van der Waals surface area (Å²) < 4.78 is 11.3. The molecule has 0 aliphatic carbocycles. The van der Waals surface area contributed by atoms with Gasteiger partial charge in [0.2, 0.25) is 17.6 Å². The number of hydrogen-bond acceptors (Lipinski definition) is 6. The highest BCUT2D eigenvalue weighted by atomic mass is 16.5. The zero-order chi connectivity index (χ0) is 23.2. The Balaban J connectivity index is 1.34. The molecule has 3 aromatic rings. The first-order valence-corrected chi connectivity index (χ1v) is 11.3. The highest BCUT2D eigenvalue weighted by molar-refractivity contribution is 5.91. The second kappa shape index (κ2) is 10.3. The van der Waals surface area contributed by atoms with Gasteiger partial charge in [-0.2, -0.15) is 4.98 Å². The van der Waals surface area contributed by atoms with E-state index in [9.17, 15) is 9.59 Å². The number of rotatable bonds is 7. The standard InChI is InChI=1S/C25H28N4O4/c1-3-22(30)26-20-9-7-8-19(16-20)23-27-24(33-28-23)18-12-14-29(15-13-18)25(31)17(2)32-21-10-5-4-6-11-21/h4-11,16-18H,3,12-15H2,1-2H3,(H,26,30)/t17-/m1/s1. The summed E-state index contributed by atoms with van der Waals surface area (Å²) in [6.07, 6.45) is 1.37. The summed E-state index contributed by atoms with van der Waals surface area (Å²) in [6.45, 7) is 4.81. The monoisotopic (exact) mass is 448 g/mol. The normalized spacial score (nSPS) is 15.2. The molecule has 0 saturated carbocycles. The number of nitrogens with zero attached hydrogens (tertiary/aromatic N) is 3. The van der Waals surface area contributed by atoms with E-state index in [0.29, 0.717) is 42.7 Å². The van der Waals surface area contributed by atoms with Gasteiger partial charge in [-0.3, -0.25) is 9.59 Å². The van der Waals surface area contributed by atoms with Crippen LogP contribution in [0.25, 0.3) is 11.4 Å². The second-order valence-electron chi connectivity index (χ2n) is 8.11. The highest BCUT2D eigenvalue weighted by Gasteiger charge is 2.30. The van der Waals surface area contributed by atoms with Crippen LogP contribution in [0.15, 0.2) is 59.1 Å². The Morgan fingerprint density at radius 3 is 2.64 bits per heavy atom. The summed E-state index contributed by atoms with van der Waals surface area (Å²) in [5.74, 6) is 1.78. The van der Waals surface area contributed by atoms with E-state index in [4.69, 9.17) is 9.26 Å². The first-order valence-electron chi connectivity index (χ1n) is 11.3. The topological polar surface area (TPSA) is 97.6 Å².